The van der Waals surface area contributed by atoms with Crippen molar-refractivity contribution in [3.05, 3.63) is 23.6 Å². The van der Waals surface area contributed by atoms with Gasteiger partial charge in [0.2, 0.25) is 0 Å². The van der Waals surface area contributed by atoms with Gasteiger partial charge in [0.25, 0.3) is 5.91 Å². The van der Waals surface area contributed by atoms with Crippen LogP contribution in [0.3, 0.4) is 0 Å². The fourth-order valence-electron chi connectivity index (χ4n) is 5.11. The zero-order valence-electron chi connectivity index (χ0n) is 19.0. The van der Waals surface area contributed by atoms with E-state index in [0.717, 1.165) is 31.9 Å². The summed E-state index contributed by atoms with van der Waals surface area (Å²) in [5, 5.41) is 13.2. The summed E-state index contributed by atoms with van der Waals surface area (Å²) in [5.41, 5.74) is -0.567. The second-order valence-electron chi connectivity index (χ2n) is 10.2. The lowest BCUT2D eigenvalue weighted by atomic mass is 9.97. The molecule has 0 saturated carbocycles. The van der Waals surface area contributed by atoms with E-state index in [1.54, 1.807) is 0 Å². The van der Waals surface area contributed by atoms with Crippen molar-refractivity contribution in [1.29, 1.82) is 0 Å². The van der Waals surface area contributed by atoms with Gasteiger partial charge in [-0.15, -0.1) is 0 Å². The molecular weight excluding hydrogens is 415 g/mol. The highest BCUT2D eigenvalue weighted by Gasteiger charge is 2.45. The minimum absolute atomic E-state index is 0.0363. The van der Waals surface area contributed by atoms with Crippen molar-refractivity contribution in [3.8, 4) is 0 Å². The molecule has 1 aromatic rings. The van der Waals surface area contributed by atoms with Gasteiger partial charge in [0.05, 0.1) is 17.9 Å². The summed E-state index contributed by atoms with van der Waals surface area (Å²) in [6.45, 7) is 6.32. The number of carbonyl (C=O) groups excluding carboxylic acids is 2. The van der Waals surface area contributed by atoms with E-state index in [0.29, 0.717) is 25.2 Å². The Kier molecular flexibility index (Phi) is 6.29. The van der Waals surface area contributed by atoms with Gasteiger partial charge < -0.3 is 25.0 Å². The quantitative estimate of drug-likeness (QED) is 0.738. The van der Waals surface area contributed by atoms with Crippen LogP contribution in [0.15, 0.2) is 12.3 Å². The summed E-state index contributed by atoms with van der Waals surface area (Å²) in [4.78, 5) is 33.0. The van der Waals surface area contributed by atoms with E-state index in [1.165, 1.54) is 11.0 Å². The summed E-state index contributed by atoms with van der Waals surface area (Å²) in [6.07, 6.45) is 4.94. The van der Waals surface area contributed by atoms with Crippen LogP contribution in [0.5, 0.6) is 0 Å². The van der Waals surface area contributed by atoms with E-state index < -0.39 is 23.4 Å². The summed E-state index contributed by atoms with van der Waals surface area (Å²) in [6, 6.07) is 1.72. The first-order chi connectivity index (χ1) is 15.1. The Morgan fingerprint density at radius 1 is 1.22 bits per heavy atom. The molecular formula is C23H33FN4O4. The molecule has 3 aliphatic rings. The molecule has 9 heteroatoms. The lowest BCUT2D eigenvalue weighted by Gasteiger charge is -2.39. The molecule has 1 aromatic heterocycles. The second-order valence-corrected chi connectivity index (χ2v) is 10.2. The number of nitrogens with one attached hydrogen (secondary N) is 1. The molecule has 0 aromatic carbocycles. The normalized spacial score (nSPS) is 27.9. The molecule has 3 unspecified atom stereocenters. The van der Waals surface area contributed by atoms with E-state index in [1.807, 2.05) is 25.7 Å². The Morgan fingerprint density at radius 3 is 2.53 bits per heavy atom. The van der Waals surface area contributed by atoms with E-state index in [4.69, 9.17) is 4.74 Å². The average Bonchev–Trinajstić information content (AvgIpc) is 2.99. The molecule has 0 radical (unpaired) electrons. The molecule has 176 valence electrons. The molecule has 32 heavy (non-hydrogen) atoms. The molecule has 4 rings (SSSR count). The monoisotopic (exact) mass is 448 g/mol. The smallest absolute Gasteiger partial charge is 0.410 e. The molecule has 2 amide bonds. The first-order valence-corrected chi connectivity index (χ1v) is 11.5. The van der Waals surface area contributed by atoms with Crippen LogP contribution in [-0.4, -0.2) is 74.8 Å². The minimum atomic E-state index is -0.666. The maximum atomic E-state index is 14.4. The topological polar surface area (TPSA) is 95.0 Å². The Bertz CT molecular complexity index is 860. The maximum Gasteiger partial charge on any atom is 0.410 e. The predicted molar refractivity (Wildman–Crippen MR) is 117 cm³/mol. The summed E-state index contributed by atoms with van der Waals surface area (Å²) in [7, 11) is 0. The third-order valence-corrected chi connectivity index (χ3v) is 6.46. The number of nitrogens with zero attached hydrogens (tertiary/aromatic N) is 3. The first kappa shape index (κ1) is 22.8. The van der Waals surface area contributed by atoms with Crippen molar-refractivity contribution in [1.82, 2.24) is 14.8 Å². The average molecular weight is 449 g/mol. The lowest BCUT2D eigenvalue weighted by molar-refractivity contribution is 0.00681. The van der Waals surface area contributed by atoms with E-state index in [9.17, 15) is 19.1 Å². The molecule has 3 atom stereocenters. The van der Waals surface area contributed by atoms with Crippen molar-refractivity contribution in [2.24, 2.45) is 0 Å². The number of β-amino-alcohol motifs (C(OH)–C–C–N with tert-alkyl or cyclic N) is 1. The fraction of sp³-hybridized carbons (Fsp3) is 0.696. The maximum absolute atomic E-state index is 14.4. The van der Waals surface area contributed by atoms with E-state index >= 15 is 0 Å². The van der Waals surface area contributed by atoms with E-state index in [-0.39, 0.29) is 36.3 Å². The van der Waals surface area contributed by atoms with Crippen molar-refractivity contribution >= 4 is 17.8 Å². The van der Waals surface area contributed by atoms with Crippen LogP contribution in [0, 0.1) is 5.82 Å². The molecule has 2 N–H and O–H groups in total. The Labute approximate surface area is 188 Å². The number of aliphatic hydroxyl groups is 1. The van der Waals surface area contributed by atoms with Gasteiger partial charge in [-0.3, -0.25) is 4.79 Å². The van der Waals surface area contributed by atoms with Crippen LogP contribution in [0.1, 0.15) is 69.7 Å². The van der Waals surface area contributed by atoms with Gasteiger partial charge in [0, 0.05) is 31.2 Å². The number of carbonyl (C=O) groups is 2. The minimum Gasteiger partial charge on any atom is -0.444 e. The highest BCUT2D eigenvalue weighted by atomic mass is 19.1. The van der Waals surface area contributed by atoms with Gasteiger partial charge in [-0.25, -0.2) is 14.2 Å². The summed E-state index contributed by atoms with van der Waals surface area (Å²) in [5.74, 6) is -0.644. The Balaban J connectivity index is 1.42. The number of aliphatic hydroxyl groups excluding tert-OH is 1. The molecule has 2 bridgehead atoms. The number of rotatable bonds is 3. The van der Waals surface area contributed by atoms with Crippen LogP contribution >= 0.6 is 0 Å². The number of anilines is 1. The summed E-state index contributed by atoms with van der Waals surface area (Å²) < 4.78 is 20.0. The highest BCUT2D eigenvalue weighted by molar-refractivity contribution is 5.95. The number of piperidine rings is 2. The number of hydrogen-bond donors (Lipinski definition) is 2. The van der Waals surface area contributed by atoms with Gasteiger partial charge in [0.15, 0.2) is 5.82 Å². The number of likely N-dealkylation sites (tertiary alicyclic amines) is 1. The van der Waals surface area contributed by atoms with Gasteiger partial charge in [-0.2, -0.15) is 0 Å². The Hall–Kier alpha value is -2.42. The molecule has 3 saturated heterocycles. The number of ether oxygens (including phenoxy) is 1. The van der Waals surface area contributed by atoms with Crippen LogP contribution in [-0.2, 0) is 4.74 Å². The van der Waals surface area contributed by atoms with Crippen LogP contribution in [0.25, 0.3) is 0 Å². The van der Waals surface area contributed by atoms with Gasteiger partial charge >= 0.3 is 6.09 Å². The largest absolute Gasteiger partial charge is 0.444 e. The van der Waals surface area contributed by atoms with Crippen LogP contribution in [0.4, 0.5) is 15.0 Å². The van der Waals surface area contributed by atoms with Crippen molar-refractivity contribution in [2.75, 3.05) is 18.4 Å². The number of halogens is 1. The molecule has 3 aliphatic heterocycles. The summed E-state index contributed by atoms with van der Waals surface area (Å²) >= 11 is 0. The van der Waals surface area contributed by atoms with E-state index in [2.05, 4.69) is 10.3 Å². The molecule has 0 spiro atoms. The van der Waals surface area contributed by atoms with Crippen LogP contribution < -0.4 is 5.32 Å². The van der Waals surface area contributed by atoms with Gasteiger partial charge in [-0.05, 0) is 65.4 Å². The second kappa shape index (κ2) is 8.84. The Morgan fingerprint density at radius 2 is 1.91 bits per heavy atom. The number of aromatic nitrogens is 1. The van der Waals surface area contributed by atoms with Crippen molar-refractivity contribution in [2.45, 2.75) is 89.1 Å². The molecule has 3 fully saturated rings. The zero-order chi connectivity index (χ0) is 23.0. The number of hydrogen-bond acceptors (Lipinski definition) is 6. The molecule has 8 nitrogen and oxygen atoms in total. The zero-order valence-corrected chi connectivity index (χ0v) is 19.0. The molecule has 4 heterocycles. The third-order valence-electron chi connectivity index (χ3n) is 6.46. The van der Waals surface area contributed by atoms with Crippen LogP contribution in [0.2, 0.25) is 0 Å². The third kappa shape index (κ3) is 4.98. The van der Waals surface area contributed by atoms with Gasteiger partial charge in [-0.1, -0.05) is 0 Å². The number of amides is 2. The standard InChI is InChI=1S/C23H33FN4O4/c1-23(2,3)32-22(31)28-15-6-7-16(28)10-14(9-15)26-20-11-18(19(24)12-25-20)21(30)27-8-4-5-17(29)13-27/h11-12,14-17,29H,4-10,13H2,1-3H3,(H,25,26). The number of pyridine rings is 1. The SMILES string of the molecule is CC(C)(C)OC(=O)N1C2CCC1CC(Nc1cc(C(=O)N3CCCC(O)C3)c(F)cn1)C2. The molecule has 0 aliphatic carbocycles. The van der Waals surface area contributed by atoms with Crippen molar-refractivity contribution < 1.29 is 23.8 Å². The number of fused-ring (bicyclic) bond motifs is 2. The lowest BCUT2D eigenvalue weighted by Crippen LogP contribution is -2.51. The highest BCUT2D eigenvalue weighted by Crippen LogP contribution is 2.37. The predicted octanol–water partition coefficient (Wildman–Crippen LogP) is 3.16. The first-order valence-electron chi connectivity index (χ1n) is 11.5. The van der Waals surface area contributed by atoms with Crippen molar-refractivity contribution in [3.63, 3.8) is 0 Å². The fourth-order valence-corrected chi connectivity index (χ4v) is 5.11. The van der Waals surface area contributed by atoms with Gasteiger partial charge in [0.1, 0.15) is 11.4 Å².